The lowest BCUT2D eigenvalue weighted by Crippen LogP contribution is -2.12. The Morgan fingerprint density at radius 2 is 2.19 bits per heavy atom. The van der Waals surface area contributed by atoms with E-state index in [0.29, 0.717) is 6.54 Å². The highest BCUT2D eigenvalue weighted by atomic mass is 16.6. The summed E-state index contributed by atoms with van der Waals surface area (Å²) >= 11 is 0. The first-order valence-corrected chi connectivity index (χ1v) is 6.64. The van der Waals surface area contributed by atoms with E-state index in [2.05, 4.69) is 17.2 Å². The molecule has 0 radical (unpaired) electrons. The minimum Gasteiger partial charge on any atom is -0.370 e. The zero-order valence-corrected chi connectivity index (χ0v) is 11.7. The molecule has 0 saturated carbocycles. The summed E-state index contributed by atoms with van der Waals surface area (Å²) < 4.78 is 1.57. The van der Waals surface area contributed by atoms with Crippen LogP contribution in [0.25, 0.3) is 0 Å². The predicted molar refractivity (Wildman–Crippen MR) is 79.5 cm³/mol. The Balaban J connectivity index is 2.20. The van der Waals surface area contributed by atoms with Crippen LogP contribution in [0.4, 0.5) is 11.5 Å². The molecule has 0 aliphatic carbocycles. The normalized spacial score (nSPS) is 10.3. The van der Waals surface area contributed by atoms with E-state index in [4.69, 9.17) is 0 Å². The Bertz CT molecular complexity index is 697. The van der Waals surface area contributed by atoms with E-state index in [1.54, 1.807) is 4.57 Å². The van der Waals surface area contributed by atoms with Crippen LogP contribution in [0.2, 0.25) is 0 Å². The van der Waals surface area contributed by atoms with Crippen LogP contribution < -0.4 is 10.7 Å². The van der Waals surface area contributed by atoms with Crippen LogP contribution in [0, 0.1) is 10.1 Å². The molecule has 0 aromatic carbocycles. The lowest BCUT2D eigenvalue weighted by molar-refractivity contribution is -0.386. The van der Waals surface area contributed by atoms with Crippen molar-refractivity contribution in [3.05, 3.63) is 62.7 Å². The summed E-state index contributed by atoms with van der Waals surface area (Å²) in [5.74, 6) is 0.768. The highest BCUT2D eigenvalue weighted by molar-refractivity contribution is 5.35. The molecule has 0 aliphatic heterocycles. The van der Waals surface area contributed by atoms with Crippen molar-refractivity contribution in [2.75, 3.05) is 11.9 Å². The second kappa shape index (κ2) is 6.65. The van der Waals surface area contributed by atoms with Crippen molar-refractivity contribution in [3.63, 3.8) is 0 Å². The third-order valence-electron chi connectivity index (χ3n) is 2.86. The van der Waals surface area contributed by atoms with Crippen molar-refractivity contribution in [1.29, 1.82) is 0 Å². The van der Waals surface area contributed by atoms with Gasteiger partial charge in [0.2, 0.25) is 0 Å². The van der Waals surface area contributed by atoms with Crippen LogP contribution in [0.5, 0.6) is 0 Å². The number of nitrogens with zero attached hydrogens (tertiary/aromatic N) is 3. The summed E-state index contributed by atoms with van der Waals surface area (Å²) in [6, 6.07) is 6.77. The summed E-state index contributed by atoms with van der Waals surface area (Å²) in [6.07, 6.45) is 3.75. The molecule has 0 amide bonds. The Kier molecular flexibility index (Phi) is 4.65. The third-order valence-corrected chi connectivity index (χ3v) is 2.86. The highest BCUT2D eigenvalue weighted by Crippen LogP contribution is 2.08. The molecular formula is C14H16N4O3. The van der Waals surface area contributed by atoms with Gasteiger partial charge in [-0.25, -0.2) is 4.98 Å². The summed E-state index contributed by atoms with van der Waals surface area (Å²) in [5, 5.41) is 13.9. The fourth-order valence-electron chi connectivity index (χ4n) is 1.85. The van der Waals surface area contributed by atoms with Gasteiger partial charge in [0.15, 0.2) is 0 Å². The molecule has 0 bridgehead atoms. The molecule has 0 fully saturated rings. The summed E-state index contributed by atoms with van der Waals surface area (Å²) in [5.41, 5.74) is -0.269. The van der Waals surface area contributed by atoms with Crippen LogP contribution in [-0.4, -0.2) is 21.0 Å². The first kappa shape index (κ1) is 14.7. The minimum atomic E-state index is -0.675. The molecule has 0 spiro atoms. The van der Waals surface area contributed by atoms with E-state index >= 15 is 0 Å². The molecule has 2 rings (SSSR count). The van der Waals surface area contributed by atoms with Gasteiger partial charge in [0.1, 0.15) is 5.82 Å². The lowest BCUT2D eigenvalue weighted by atomic mass is 10.3. The van der Waals surface area contributed by atoms with E-state index in [1.165, 1.54) is 18.5 Å². The smallest absolute Gasteiger partial charge is 0.332 e. The maximum atomic E-state index is 11.4. The van der Waals surface area contributed by atoms with Gasteiger partial charge in [-0.1, -0.05) is 13.0 Å². The Morgan fingerprint density at radius 3 is 2.90 bits per heavy atom. The molecule has 2 aromatic heterocycles. The van der Waals surface area contributed by atoms with Gasteiger partial charge in [0.05, 0.1) is 23.4 Å². The number of hydrogen-bond donors (Lipinski definition) is 1. The maximum absolute atomic E-state index is 11.4. The van der Waals surface area contributed by atoms with Crippen LogP contribution in [0.1, 0.15) is 19.0 Å². The summed E-state index contributed by atoms with van der Waals surface area (Å²) in [6.45, 7) is 3.26. The highest BCUT2D eigenvalue weighted by Gasteiger charge is 2.11. The van der Waals surface area contributed by atoms with E-state index in [0.717, 1.165) is 24.5 Å². The number of hydrogen-bond acceptors (Lipinski definition) is 5. The fraction of sp³-hybridized carbons (Fsp3) is 0.286. The number of anilines is 1. The number of pyridine rings is 2. The predicted octanol–water partition coefficient (Wildman–Crippen LogP) is 2.02. The molecule has 7 nitrogen and oxygen atoms in total. The Hall–Kier alpha value is -2.70. The average Bonchev–Trinajstić information content (AvgIpc) is 2.47. The van der Waals surface area contributed by atoms with Gasteiger partial charge < -0.3 is 9.88 Å². The molecule has 0 unspecified atom stereocenters. The number of rotatable bonds is 6. The second-order valence-electron chi connectivity index (χ2n) is 4.56. The van der Waals surface area contributed by atoms with Gasteiger partial charge >= 0.3 is 5.69 Å². The molecule has 0 aliphatic rings. The monoisotopic (exact) mass is 288 g/mol. The molecular weight excluding hydrogens is 272 g/mol. The van der Waals surface area contributed by atoms with Crippen molar-refractivity contribution < 1.29 is 4.92 Å². The van der Waals surface area contributed by atoms with Gasteiger partial charge in [-0.15, -0.1) is 0 Å². The number of nitrogens with one attached hydrogen (secondary N) is 1. The molecule has 2 aromatic rings. The third kappa shape index (κ3) is 3.88. The first-order chi connectivity index (χ1) is 10.1. The molecule has 1 N–H and O–H groups in total. The van der Waals surface area contributed by atoms with Crippen LogP contribution in [-0.2, 0) is 6.54 Å². The fourth-order valence-corrected chi connectivity index (χ4v) is 1.85. The summed E-state index contributed by atoms with van der Waals surface area (Å²) in [7, 11) is 0. The quantitative estimate of drug-likeness (QED) is 0.648. The van der Waals surface area contributed by atoms with Crippen LogP contribution in [0.3, 0.4) is 0 Å². The maximum Gasteiger partial charge on any atom is 0.332 e. The Labute approximate surface area is 121 Å². The van der Waals surface area contributed by atoms with E-state index in [1.807, 2.05) is 18.2 Å². The zero-order chi connectivity index (χ0) is 15.2. The van der Waals surface area contributed by atoms with Crippen molar-refractivity contribution in [3.8, 4) is 0 Å². The van der Waals surface area contributed by atoms with Crippen LogP contribution in [0.15, 0.2) is 41.5 Å². The van der Waals surface area contributed by atoms with E-state index in [-0.39, 0.29) is 0 Å². The molecule has 2 heterocycles. The van der Waals surface area contributed by atoms with Gasteiger partial charge in [-0.2, -0.15) is 0 Å². The largest absolute Gasteiger partial charge is 0.370 e. The SMILES string of the molecule is CCCNc1cccc(Cn2ccc(=O)c([N+](=O)[O-])c2)n1. The van der Waals surface area contributed by atoms with Crippen molar-refractivity contribution >= 4 is 11.5 Å². The first-order valence-electron chi connectivity index (χ1n) is 6.64. The average molecular weight is 288 g/mol. The van der Waals surface area contributed by atoms with Crippen LogP contribution >= 0.6 is 0 Å². The molecule has 7 heteroatoms. The molecule has 0 atom stereocenters. The standard InChI is InChI=1S/C14H16N4O3/c1-2-7-15-14-5-3-4-11(16-14)9-17-8-6-13(19)12(10-17)18(20)21/h3-6,8,10H,2,7,9H2,1H3,(H,15,16). The van der Waals surface area contributed by atoms with Crippen molar-refractivity contribution in [2.24, 2.45) is 0 Å². The van der Waals surface area contributed by atoms with Gasteiger partial charge in [-0.05, 0) is 18.6 Å². The van der Waals surface area contributed by atoms with Crippen molar-refractivity contribution in [1.82, 2.24) is 9.55 Å². The lowest BCUT2D eigenvalue weighted by Gasteiger charge is -2.08. The van der Waals surface area contributed by atoms with Gasteiger partial charge in [0.25, 0.3) is 5.43 Å². The molecule has 110 valence electrons. The topological polar surface area (TPSA) is 90.1 Å². The minimum absolute atomic E-state index is 0.364. The van der Waals surface area contributed by atoms with E-state index < -0.39 is 16.0 Å². The second-order valence-corrected chi connectivity index (χ2v) is 4.56. The molecule has 0 saturated heterocycles. The zero-order valence-electron chi connectivity index (χ0n) is 11.7. The van der Waals surface area contributed by atoms with Crippen molar-refractivity contribution in [2.45, 2.75) is 19.9 Å². The number of nitro groups is 1. The van der Waals surface area contributed by atoms with Gasteiger partial charge in [-0.3, -0.25) is 14.9 Å². The molecule has 21 heavy (non-hydrogen) atoms. The number of aromatic nitrogens is 2. The Morgan fingerprint density at radius 1 is 1.38 bits per heavy atom. The summed E-state index contributed by atoms with van der Waals surface area (Å²) in [4.78, 5) is 25.9. The van der Waals surface area contributed by atoms with E-state index in [9.17, 15) is 14.9 Å². The van der Waals surface area contributed by atoms with Gasteiger partial charge in [0, 0.05) is 18.8 Å².